The van der Waals surface area contributed by atoms with Crippen LogP contribution in [0.3, 0.4) is 0 Å². The van der Waals surface area contributed by atoms with E-state index in [0.29, 0.717) is 13.2 Å². The molecule has 142 valence electrons. The molecule has 0 spiro atoms. The van der Waals surface area contributed by atoms with Gasteiger partial charge in [0.05, 0.1) is 17.9 Å². The van der Waals surface area contributed by atoms with E-state index in [-0.39, 0.29) is 18.1 Å². The number of aliphatic hydroxyl groups excluding tert-OH is 1. The van der Waals surface area contributed by atoms with Crippen LogP contribution >= 0.6 is 0 Å². The lowest BCUT2D eigenvalue weighted by atomic mass is 10.0. The van der Waals surface area contributed by atoms with Crippen LogP contribution in [0.15, 0.2) is 34.9 Å². The zero-order valence-electron chi connectivity index (χ0n) is 15.7. The number of aliphatic hydroxyl groups is 1. The first kappa shape index (κ1) is 18.7. The van der Waals surface area contributed by atoms with Crippen LogP contribution in [0.1, 0.15) is 25.3 Å². The van der Waals surface area contributed by atoms with Gasteiger partial charge in [0.15, 0.2) is 0 Å². The Bertz CT molecular complexity index is 683. The third kappa shape index (κ3) is 5.22. The van der Waals surface area contributed by atoms with Gasteiger partial charge in [-0.2, -0.15) is 0 Å². The highest BCUT2D eigenvalue weighted by molar-refractivity contribution is 5.31. The Morgan fingerprint density at radius 2 is 1.96 bits per heavy atom. The average molecular weight is 360 g/mol. The molecule has 2 aromatic rings. The summed E-state index contributed by atoms with van der Waals surface area (Å²) in [6.45, 7) is 8.80. The highest BCUT2D eigenvalue weighted by Gasteiger charge is 2.32. The van der Waals surface area contributed by atoms with Crippen molar-refractivity contribution in [2.75, 3.05) is 26.2 Å². The number of nitrogens with zero attached hydrogens (tertiary/aromatic N) is 2. The minimum absolute atomic E-state index is 0.164. The van der Waals surface area contributed by atoms with Crippen molar-refractivity contribution in [1.82, 2.24) is 10.1 Å². The molecule has 1 aromatic carbocycles. The highest BCUT2D eigenvalue weighted by atomic mass is 16.5. The molecule has 3 rings (SSSR count). The van der Waals surface area contributed by atoms with Crippen molar-refractivity contribution >= 4 is 0 Å². The van der Waals surface area contributed by atoms with Gasteiger partial charge in [0, 0.05) is 38.0 Å². The molecule has 0 saturated carbocycles. The summed E-state index contributed by atoms with van der Waals surface area (Å²) in [6.07, 6.45) is 0.543. The third-order valence-electron chi connectivity index (χ3n) is 4.49. The minimum atomic E-state index is -0.340. The first-order valence-corrected chi connectivity index (χ1v) is 9.21. The van der Waals surface area contributed by atoms with Gasteiger partial charge in [-0.15, -0.1) is 0 Å². The van der Waals surface area contributed by atoms with Gasteiger partial charge in [-0.25, -0.2) is 0 Å². The van der Waals surface area contributed by atoms with Crippen LogP contribution in [0.2, 0.25) is 0 Å². The van der Waals surface area contributed by atoms with Crippen LogP contribution in [0.4, 0.5) is 0 Å². The van der Waals surface area contributed by atoms with Gasteiger partial charge in [-0.3, -0.25) is 4.90 Å². The number of ether oxygens (including phenoxy) is 2. The zero-order valence-corrected chi connectivity index (χ0v) is 15.7. The Hall–Kier alpha value is -2.05. The maximum Gasteiger partial charge on any atom is 0.137 e. The molecular formula is C20H28N2O4. The maximum absolute atomic E-state index is 10.3. The monoisotopic (exact) mass is 360 g/mol. The van der Waals surface area contributed by atoms with Crippen LogP contribution in [-0.4, -0.2) is 53.6 Å². The lowest BCUT2D eigenvalue weighted by molar-refractivity contribution is 0.136. The molecule has 6 nitrogen and oxygen atoms in total. The number of likely N-dealkylation sites (tertiary alicyclic amines) is 1. The van der Waals surface area contributed by atoms with E-state index in [1.807, 2.05) is 51.1 Å². The molecule has 2 unspecified atom stereocenters. The van der Waals surface area contributed by atoms with Gasteiger partial charge in [0.2, 0.25) is 0 Å². The Kier molecular flexibility index (Phi) is 6.16. The Balaban J connectivity index is 1.41. The molecule has 0 amide bonds. The maximum atomic E-state index is 10.3. The standard InChI is InChI=1S/C20H28N2O4/c1-14(2)25-18-6-4-17(5-7-18)24-9-8-22-12-16(20(23)13-22)11-19-10-15(3)21-26-19/h4-7,10,14,16,20,23H,8-9,11-13H2,1-3H3. The molecule has 1 N–H and O–H groups in total. The van der Waals surface area contributed by atoms with Gasteiger partial charge in [-0.05, 0) is 45.0 Å². The molecule has 26 heavy (non-hydrogen) atoms. The Labute approximate surface area is 154 Å². The number of aromatic nitrogens is 1. The molecule has 2 heterocycles. The van der Waals surface area contributed by atoms with Gasteiger partial charge in [0.25, 0.3) is 0 Å². The van der Waals surface area contributed by atoms with Crippen molar-refractivity contribution in [3.8, 4) is 11.5 Å². The quantitative estimate of drug-likeness (QED) is 0.781. The number of aryl methyl sites for hydroxylation is 1. The first-order chi connectivity index (χ1) is 12.5. The lowest BCUT2D eigenvalue weighted by Gasteiger charge is -2.16. The Morgan fingerprint density at radius 1 is 1.23 bits per heavy atom. The summed E-state index contributed by atoms with van der Waals surface area (Å²) in [5, 5.41) is 14.2. The molecule has 0 radical (unpaired) electrons. The van der Waals surface area contributed by atoms with Crippen LogP contribution < -0.4 is 9.47 Å². The molecule has 1 aliphatic heterocycles. The van der Waals surface area contributed by atoms with Gasteiger partial charge < -0.3 is 19.1 Å². The Morgan fingerprint density at radius 3 is 2.62 bits per heavy atom. The molecule has 0 aliphatic carbocycles. The summed E-state index contributed by atoms with van der Waals surface area (Å²) in [4.78, 5) is 2.23. The van der Waals surface area contributed by atoms with Gasteiger partial charge in [0.1, 0.15) is 23.9 Å². The second kappa shape index (κ2) is 8.56. The summed E-state index contributed by atoms with van der Waals surface area (Å²) < 4.78 is 16.7. The zero-order chi connectivity index (χ0) is 18.5. The second-order valence-electron chi connectivity index (χ2n) is 7.21. The van der Waals surface area contributed by atoms with Crippen molar-refractivity contribution < 1.29 is 19.1 Å². The van der Waals surface area contributed by atoms with E-state index in [0.717, 1.165) is 42.5 Å². The fourth-order valence-corrected chi connectivity index (χ4v) is 3.27. The van der Waals surface area contributed by atoms with Crippen LogP contribution in [-0.2, 0) is 6.42 Å². The van der Waals surface area contributed by atoms with Crippen molar-refractivity contribution in [2.24, 2.45) is 5.92 Å². The summed E-state index contributed by atoms with van der Waals surface area (Å²) >= 11 is 0. The number of β-amino-alcohol motifs (C(OH)–C–C–N with tert-alkyl or cyclic N) is 1. The third-order valence-corrected chi connectivity index (χ3v) is 4.49. The highest BCUT2D eigenvalue weighted by Crippen LogP contribution is 2.22. The topological polar surface area (TPSA) is 68.0 Å². The van der Waals surface area contributed by atoms with Crippen molar-refractivity contribution in [3.05, 3.63) is 41.8 Å². The number of hydrogen-bond donors (Lipinski definition) is 1. The van der Waals surface area contributed by atoms with E-state index < -0.39 is 0 Å². The molecule has 1 aliphatic rings. The summed E-state index contributed by atoms with van der Waals surface area (Å²) in [7, 11) is 0. The van der Waals surface area contributed by atoms with Crippen molar-refractivity contribution in [3.63, 3.8) is 0 Å². The van der Waals surface area contributed by atoms with Crippen LogP contribution in [0, 0.1) is 12.8 Å². The molecule has 2 atom stereocenters. The largest absolute Gasteiger partial charge is 0.492 e. The van der Waals surface area contributed by atoms with E-state index in [4.69, 9.17) is 14.0 Å². The summed E-state index contributed by atoms with van der Waals surface area (Å²) in [5.74, 6) is 2.69. The SMILES string of the molecule is Cc1cc(CC2CN(CCOc3ccc(OC(C)C)cc3)CC2O)on1. The van der Waals surface area contributed by atoms with Crippen molar-refractivity contribution in [1.29, 1.82) is 0 Å². The van der Waals surface area contributed by atoms with E-state index in [1.165, 1.54) is 0 Å². The predicted octanol–water partition coefficient (Wildman–Crippen LogP) is 2.68. The normalized spacial score (nSPS) is 20.7. The first-order valence-electron chi connectivity index (χ1n) is 9.21. The number of benzene rings is 1. The van der Waals surface area contributed by atoms with E-state index in [9.17, 15) is 5.11 Å². The second-order valence-corrected chi connectivity index (χ2v) is 7.21. The molecule has 1 saturated heterocycles. The fraction of sp³-hybridized carbons (Fsp3) is 0.550. The van der Waals surface area contributed by atoms with Gasteiger partial charge >= 0.3 is 0 Å². The van der Waals surface area contributed by atoms with E-state index in [1.54, 1.807) is 0 Å². The van der Waals surface area contributed by atoms with Gasteiger partial charge in [-0.1, -0.05) is 5.16 Å². The van der Waals surface area contributed by atoms with E-state index >= 15 is 0 Å². The molecule has 0 bridgehead atoms. The molecule has 6 heteroatoms. The van der Waals surface area contributed by atoms with Crippen molar-refractivity contribution in [2.45, 2.75) is 39.4 Å². The molecule has 1 aromatic heterocycles. The summed E-state index contributed by atoms with van der Waals surface area (Å²) in [6, 6.07) is 9.62. The smallest absolute Gasteiger partial charge is 0.137 e. The van der Waals surface area contributed by atoms with Crippen LogP contribution in [0.5, 0.6) is 11.5 Å². The van der Waals surface area contributed by atoms with E-state index in [2.05, 4.69) is 10.1 Å². The number of rotatable bonds is 8. The minimum Gasteiger partial charge on any atom is -0.492 e. The fourth-order valence-electron chi connectivity index (χ4n) is 3.27. The average Bonchev–Trinajstić information content (AvgIpc) is 3.15. The molecular weight excluding hydrogens is 332 g/mol. The lowest BCUT2D eigenvalue weighted by Crippen LogP contribution is -2.27. The van der Waals surface area contributed by atoms with Crippen LogP contribution in [0.25, 0.3) is 0 Å². The predicted molar refractivity (Wildman–Crippen MR) is 98.6 cm³/mol. The molecule has 1 fully saturated rings. The number of hydrogen-bond acceptors (Lipinski definition) is 6. The summed E-state index contributed by atoms with van der Waals surface area (Å²) in [5.41, 5.74) is 0.877.